The second-order valence-corrected chi connectivity index (χ2v) is 5.86. The highest BCUT2D eigenvalue weighted by molar-refractivity contribution is 7.12. The molecule has 2 rings (SSSR count). The van der Waals surface area contributed by atoms with Crippen LogP contribution >= 0.6 is 11.3 Å². The first-order valence-corrected chi connectivity index (χ1v) is 7.02. The lowest BCUT2D eigenvalue weighted by Crippen LogP contribution is -2.37. The Labute approximate surface area is 107 Å². The number of thiophene rings is 1. The third kappa shape index (κ3) is 3.30. The van der Waals surface area contributed by atoms with Crippen molar-refractivity contribution in [3.8, 4) is 0 Å². The molecule has 1 aliphatic rings. The number of carbonyl (C=O) groups is 1. The van der Waals surface area contributed by atoms with Gasteiger partial charge in [0.05, 0.1) is 4.88 Å². The van der Waals surface area contributed by atoms with Gasteiger partial charge in [-0.2, -0.15) is 0 Å². The first-order valence-electron chi connectivity index (χ1n) is 6.14. The van der Waals surface area contributed by atoms with Gasteiger partial charge in [-0.15, -0.1) is 11.3 Å². The van der Waals surface area contributed by atoms with E-state index >= 15 is 0 Å². The molecule has 0 atom stereocenters. The van der Waals surface area contributed by atoms with Crippen LogP contribution in [0, 0.1) is 5.92 Å². The number of hydrogen-bond acceptors (Lipinski definition) is 3. The zero-order chi connectivity index (χ0) is 12.3. The molecule has 1 aliphatic heterocycles. The van der Waals surface area contributed by atoms with Crippen molar-refractivity contribution in [2.24, 2.45) is 5.92 Å². The standard InChI is InChI=1S/C13H20N2OS/c1-14-7-5-11(6-8-14)10-15(2)13(16)12-4-3-9-17-12/h3-4,9,11H,5-8,10H2,1-2H3. The quantitative estimate of drug-likeness (QED) is 0.823. The second kappa shape index (κ2) is 5.65. The van der Waals surface area contributed by atoms with Gasteiger partial charge in [0, 0.05) is 13.6 Å². The van der Waals surface area contributed by atoms with Gasteiger partial charge in [0.25, 0.3) is 5.91 Å². The third-order valence-corrected chi connectivity index (χ3v) is 4.31. The summed E-state index contributed by atoms with van der Waals surface area (Å²) in [6, 6.07) is 3.83. The van der Waals surface area contributed by atoms with E-state index in [0.29, 0.717) is 5.92 Å². The van der Waals surface area contributed by atoms with Gasteiger partial charge < -0.3 is 9.80 Å². The van der Waals surface area contributed by atoms with E-state index in [1.165, 1.54) is 24.2 Å². The number of rotatable bonds is 3. The fourth-order valence-corrected chi connectivity index (χ4v) is 3.02. The van der Waals surface area contributed by atoms with E-state index < -0.39 is 0 Å². The average Bonchev–Trinajstić information content (AvgIpc) is 2.84. The summed E-state index contributed by atoms with van der Waals surface area (Å²) in [7, 11) is 4.08. The van der Waals surface area contributed by atoms with Gasteiger partial charge >= 0.3 is 0 Å². The monoisotopic (exact) mass is 252 g/mol. The highest BCUT2D eigenvalue weighted by atomic mass is 32.1. The molecule has 3 nitrogen and oxygen atoms in total. The Bertz CT molecular complexity index is 356. The summed E-state index contributed by atoms with van der Waals surface area (Å²) in [4.78, 5) is 17.2. The first kappa shape index (κ1) is 12.6. The number of hydrogen-bond donors (Lipinski definition) is 0. The van der Waals surface area contributed by atoms with Crippen molar-refractivity contribution in [3.05, 3.63) is 22.4 Å². The predicted molar refractivity (Wildman–Crippen MR) is 71.5 cm³/mol. The molecular weight excluding hydrogens is 232 g/mol. The van der Waals surface area contributed by atoms with Crippen molar-refractivity contribution in [1.82, 2.24) is 9.80 Å². The van der Waals surface area contributed by atoms with Gasteiger partial charge in [-0.1, -0.05) is 6.07 Å². The maximum absolute atomic E-state index is 12.1. The van der Waals surface area contributed by atoms with E-state index in [-0.39, 0.29) is 5.91 Å². The molecule has 17 heavy (non-hydrogen) atoms. The number of likely N-dealkylation sites (tertiary alicyclic amines) is 1. The van der Waals surface area contributed by atoms with Crippen LogP contribution in [-0.4, -0.2) is 49.4 Å². The highest BCUT2D eigenvalue weighted by Gasteiger charge is 2.21. The SMILES string of the molecule is CN1CCC(CN(C)C(=O)c2cccs2)CC1. The molecule has 0 bridgehead atoms. The highest BCUT2D eigenvalue weighted by Crippen LogP contribution is 2.18. The van der Waals surface area contributed by atoms with Crippen molar-refractivity contribution in [1.29, 1.82) is 0 Å². The molecule has 0 aliphatic carbocycles. The van der Waals surface area contributed by atoms with Crippen LogP contribution in [0.4, 0.5) is 0 Å². The molecule has 94 valence electrons. The normalized spacial score (nSPS) is 18.2. The lowest BCUT2D eigenvalue weighted by atomic mass is 9.96. The zero-order valence-electron chi connectivity index (χ0n) is 10.6. The third-order valence-electron chi connectivity index (χ3n) is 3.45. The van der Waals surface area contributed by atoms with E-state index in [4.69, 9.17) is 0 Å². The van der Waals surface area contributed by atoms with E-state index in [1.54, 1.807) is 0 Å². The van der Waals surface area contributed by atoms with Gasteiger partial charge in [0.15, 0.2) is 0 Å². The van der Waals surface area contributed by atoms with Gasteiger partial charge in [0.2, 0.25) is 0 Å². The first-order chi connectivity index (χ1) is 8.16. The lowest BCUT2D eigenvalue weighted by Gasteiger charge is -2.31. The number of carbonyl (C=O) groups excluding carboxylic acids is 1. The molecule has 1 aromatic rings. The van der Waals surface area contributed by atoms with Gasteiger partial charge in [0.1, 0.15) is 0 Å². The average molecular weight is 252 g/mol. The number of nitrogens with zero attached hydrogens (tertiary/aromatic N) is 2. The van der Waals surface area contributed by atoms with Crippen LogP contribution in [0.25, 0.3) is 0 Å². The largest absolute Gasteiger partial charge is 0.341 e. The molecule has 0 saturated carbocycles. The van der Waals surface area contributed by atoms with Crippen molar-refractivity contribution in [2.75, 3.05) is 33.7 Å². The second-order valence-electron chi connectivity index (χ2n) is 4.91. The Kier molecular flexibility index (Phi) is 4.18. The molecule has 1 aromatic heterocycles. The minimum atomic E-state index is 0.166. The zero-order valence-corrected chi connectivity index (χ0v) is 11.4. The number of amides is 1. The molecule has 4 heteroatoms. The van der Waals surface area contributed by atoms with E-state index in [9.17, 15) is 4.79 Å². The van der Waals surface area contributed by atoms with Crippen molar-refractivity contribution >= 4 is 17.2 Å². The smallest absolute Gasteiger partial charge is 0.263 e. The van der Waals surface area contributed by atoms with Crippen LogP contribution in [0.1, 0.15) is 22.5 Å². The Balaban J connectivity index is 1.85. The van der Waals surface area contributed by atoms with Crippen LogP contribution in [0.2, 0.25) is 0 Å². The maximum atomic E-state index is 12.1. The van der Waals surface area contributed by atoms with Crippen molar-refractivity contribution < 1.29 is 4.79 Å². The Morgan fingerprint density at radius 1 is 1.53 bits per heavy atom. The Morgan fingerprint density at radius 3 is 2.82 bits per heavy atom. The summed E-state index contributed by atoms with van der Waals surface area (Å²) in [5.74, 6) is 0.832. The summed E-state index contributed by atoms with van der Waals surface area (Å²) in [5, 5.41) is 1.96. The summed E-state index contributed by atoms with van der Waals surface area (Å²) >= 11 is 1.52. The van der Waals surface area contributed by atoms with Crippen LogP contribution in [-0.2, 0) is 0 Å². The molecule has 1 fully saturated rings. The fraction of sp³-hybridized carbons (Fsp3) is 0.615. The molecular formula is C13H20N2OS. The topological polar surface area (TPSA) is 23.6 Å². The van der Waals surface area contributed by atoms with Crippen LogP contribution in [0.5, 0.6) is 0 Å². The summed E-state index contributed by atoms with van der Waals surface area (Å²) in [6.45, 7) is 3.21. The van der Waals surface area contributed by atoms with Crippen molar-refractivity contribution in [2.45, 2.75) is 12.8 Å². The molecule has 1 amide bonds. The van der Waals surface area contributed by atoms with E-state index in [2.05, 4.69) is 11.9 Å². The summed E-state index contributed by atoms with van der Waals surface area (Å²) in [6.07, 6.45) is 2.41. The molecule has 0 radical (unpaired) electrons. The van der Waals surface area contributed by atoms with E-state index in [0.717, 1.165) is 24.5 Å². The van der Waals surface area contributed by atoms with Gasteiger partial charge in [-0.25, -0.2) is 0 Å². The lowest BCUT2D eigenvalue weighted by molar-refractivity contribution is 0.0752. The fourth-order valence-electron chi connectivity index (χ4n) is 2.30. The van der Waals surface area contributed by atoms with Crippen LogP contribution in [0.15, 0.2) is 17.5 Å². The number of piperidine rings is 1. The van der Waals surface area contributed by atoms with E-state index in [1.807, 2.05) is 29.5 Å². The maximum Gasteiger partial charge on any atom is 0.263 e. The Hall–Kier alpha value is -0.870. The molecule has 2 heterocycles. The van der Waals surface area contributed by atoms with Crippen LogP contribution < -0.4 is 0 Å². The molecule has 1 saturated heterocycles. The van der Waals surface area contributed by atoms with Crippen LogP contribution in [0.3, 0.4) is 0 Å². The molecule has 0 spiro atoms. The Morgan fingerprint density at radius 2 is 2.24 bits per heavy atom. The minimum Gasteiger partial charge on any atom is -0.341 e. The predicted octanol–water partition coefficient (Wildman–Crippen LogP) is 2.16. The van der Waals surface area contributed by atoms with Gasteiger partial charge in [-0.3, -0.25) is 4.79 Å². The molecule has 0 N–H and O–H groups in total. The van der Waals surface area contributed by atoms with Crippen molar-refractivity contribution in [3.63, 3.8) is 0 Å². The summed E-state index contributed by atoms with van der Waals surface area (Å²) in [5.41, 5.74) is 0. The molecule has 0 unspecified atom stereocenters. The molecule has 0 aromatic carbocycles. The minimum absolute atomic E-state index is 0.166. The van der Waals surface area contributed by atoms with Gasteiger partial charge in [-0.05, 0) is 50.3 Å². The summed E-state index contributed by atoms with van der Waals surface area (Å²) < 4.78 is 0.